The van der Waals surface area contributed by atoms with Crippen LogP contribution in [0.25, 0.3) is 0 Å². The summed E-state index contributed by atoms with van der Waals surface area (Å²) in [4.78, 5) is 13.8. The number of ether oxygens (including phenoxy) is 2. The average molecular weight is 379 g/mol. The molecule has 0 bridgehead atoms. The average Bonchev–Trinajstić information content (AvgIpc) is 2.82. The summed E-state index contributed by atoms with van der Waals surface area (Å²) in [5.74, 6) is -0.388. The molecule has 1 aromatic rings. The molecule has 1 aromatic carbocycles. The Hall–Kier alpha value is -2.28. The van der Waals surface area contributed by atoms with Crippen LogP contribution in [-0.2, 0) is 24.1 Å². The molecule has 1 aliphatic heterocycles. The lowest BCUT2D eigenvalue weighted by atomic mass is 10.1. The Kier molecular flexibility index (Phi) is 5.81. The molecule has 0 radical (unpaired) electrons. The summed E-state index contributed by atoms with van der Waals surface area (Å²) in [5, 5.41) is 0. The third-order valence-corrected chi connectivity index (χ3v) is 6.06. The van der Waals surface area contributed by atoms with Gasteiger partial charge >= 0.3 is 5.97 Å². The smallest absolute Gasteiger partial charge is 0.350 e. The Balaban J connectivity index is 2.47. The molecule has 1 saturated heterocycles. The quantitative estimate of drug-likeness (QED) is 0.579. The summed E-state index contributed by atoms with van der Waals surface area (Å²) in [6.45, 7) is 8.06. The molecule has 0 spiro atoms. The van der Waals surface area contributed by atoms with E-state index in [-0.39, 0.29) is 17.0 Å². The molecular formula is C19H25NO5S. The predicted octanol–water partition coefficient (Wildman–Crippen LogP) is 2.80. The van der Waals surface area contributed by atoms with Crippen LogP contribution >= 0.6 is 0 Å². The van der Waals surface area contributed by atoms with E-state index >= 15 is 0 Å². The van der Waals surface area contributed by atoms with Gasteiger partial charge in [-0.1, -0.05) is 17.7 Å². The zero-order valence-electron chi connectivity index (χ0n) is 15.8. The summed E-state index contributed by atoms with van der Waals surface area (Å²) >= 11 is 0. The van der Waals surface area contributed by atoms with E-state index in [4.69, 9.17) is 9.47 Å². The largest absolute Gasteiger partial charge is 0.477 e. The van der Waals surface area contributed by atoms with E-state index < -0.39 is 20.7 Å². The van der Waals surface area contributed by atoms with E-state index in [9.17, 15) is 13.2 Å². The molecule has 0 amide bonds. The van der Waals surface area contributed by atoms with E-state index in [0.29, 0.717) is 12.5 Å². The zero-order chi connectivity index (χ0) is 19.5. The number of rotatable bonds is 5. The highest BCUT2D eigenvalue weighted by Gasteiger charge is 2.34. The first-order valence-electron chi connectivity index (χ1n) is 8.37. The van der Waals surface area contributed by atoms with Crippen LogP contribution in [0.3, 0.4) is 0 Å². The van der Waals surface area contributed by atoms with Gasteiger partial charge in [-0.05, 0) is 52.0 Å². The van der Waals surface area contributed by atoms with Gasteiger partial charge in [0.1, 0.15) is 6.61 Å². The second-order valence-electron chi connectivity index (χ2n) is 6.73. The molecule has 0 saturated carbocycles. The number of benzene rings is 1. The Labute approximate surface area is 155 Å². The Morgan fingerprint density at radius 2 is 1.92 bits per heavy atom. The maximum absolute atomic E-state index is 12.9. The highest BCUT2D eigenvalue weighted by Crippen LogP contribution is 2.28. The van der Waals surface area contributed by atoms with Crippen LogP contribution < -0.4 is 0 Å². The van der Waals surface area contributed by atoms with E-state index in [1.54, 1.807) is 19.1 Å². The fourth-order valence-corrected chi connectivity index (χ4v) is 3.64. The maximum Gasteiger partial charge on any atom is 0.350 e. The predicted molar refractivity (Wildman–Crippen MR) is 99.0 cm³/mol. The van der Waals surface area contributed by atoms with Crippen molar-refractivity contribution >= 4 is 15.8 Å². The second-order valence-corrected chi connectivity index (χ2v) is 8.65. The molecule has 0 atom stereocenters. The molecule has 0 aliphatic carbocycles. The van der Waals surface area contributed by atoms with Gasteiger partial charge in [0.25, 0.3) is 0 Å². The van der Waals surface area contributed by atoms with Crippen molar-refractivity contribution in [2.24, 2.45) is 0 Å². The molecule has 7 heteroatoms. The molecule has 1 heterocycles. The minimum atomic E-state index is -4.01. The highest BCUT2D eigenvalue weighted by molar-refractivity contribution is 7.96. The number of likely N-dealkylation sites (N-methyl/N-ethyl adjacent to an activating group) is 1. The molecule has 0 unspecified atom stereocenters. The monoisotopic (exact) mass is 379 g/mol. The van der Waals surface area contributed by atoms with Gasteiger partial charge in [0, 0.05) is 7.05 Å². The van der Waals surface area contributed by atoms with Crippen molar-refractivity contribution in [3.8, 4) is 0 Å². The van der Waals surface area contributed by atoms with Crippen molar-refractivity contribution in [3.05, 3.63) is 52.8 Å². The number of hydrogen-bond donors (Lipinski definition) is 0. The molecule has 1 fully saturated rings. The summed E-state index contributed by atoms with van der Waals surface area (Å²) < 4.78 is 36.4. The fraction of sp³-hybridized carbons (Fsp3) is 0.421. The lowest BCUT2D eigenvalue weighted by Gasteiger charge is -2.25. The third-order valence-electron chi connectivity index (χ3n) is 4.29. The van der Waals surface area contributed by atoms with Crippen molar-refractivity contribution < 1.29 is 22.7 Å². The van der Waals surface area contributed by atoms with E-state index in [1.807, 2.05) is 32.7 Å². The summed E-state index contributed by atoms with van der Waals surface area (Å²) in [7, 11) is -2.16. The molecule has 1 aliphatic rings. The summed E-state index contributed by atoms with van der Waals surface area (Å²) in [6.07, 6.45) is 2.74. The van der Waals surface area contributed by atoms with Crippen LogP contribution in [0, 0.1) is 6.92 Å². The summed E-state index contributed by atoms with van der Waals surface area (Å²) in [5.41, 5.74) is 0.718. The lowest BCUT2D eigenvalue weighted by molar-refractivity contribution is -0.137. The van der Waals surface area contributed by atoms with Crippen molar-refractivity contribution in [2.45, 2.75) is 38.1 Å². The van der Waals surface area contributed by atoms with E-state index in [0.717, 1.165) is 5.56 Å². The molecular weight excluding hydrogens is 354 g/mol. The van der Waals surface area contributed by atoms with Crippen LogP contribution in [0.15, 0.2) is 52.1 Å². The van der Waals surface area contributed by atoms with Crippen LogP contribution in [0.4, 0.5) is 0 Å². The van der Waals surface area contributed by atoms with Crippen molar-refractivity contribution in [3.63, 3.8) is 0 Å². The zero-order valence-corrected chi connectivity index (χ0v) is 16.6. The molecule has 26 heavy (non-hydrogen) atoms. The van der Waals surface area contributed by atoms with Gasteiger partial charge in [0.15, 0.2) is 10.8 Å². The van der Waals surface area contributed by atoms with Crippen molar-refractivity contribution in [1.82, 2.24) is 4.90 Å². The minimum absolute atomic E-state index is 0.0434. The van der Waals surface area contributed by atoms with Crippen LogP contribution in [-0.4, -0.2) is 45.1 Å². The number of carbonyl (C=O) groups excluding carboxylic acids is 1. The van der Waals surface area contributed by atoms with Gasteiger partial charge in [-0.2, -0.15) is 0 Å². The molecule has 142 valence electrons. The Morgan fingerprint density at radius 1 is 1.31 bits per heavy atom. The van der Waals surface area contributed by atoms with Gasteiger partial charge in [-0.15, -0.1) is 0 Å². The van der Waals surface area contributed by atoms with Crippen LogP contribution in [0.5, 0.6) is 0 Å². The van der Waals surface area contributed by atoms with E-state index in [2.05, 4.69) is 0 Å². The van der Waals surface area contributed by atoms with Gasteiger partial charge in [-0.25, -0.2) is 13.2 Å². The number of sulfone groups is 1. The Bertz CT molecular complexity index is 835. The van der Waals surface area contributed by atoms with Crippen LogP contribution in [0.2, 0.25) is 0 Å². The first-order chi connectivity index (χ1) is 12.1. The number of carbonyl (C=O) groups is 1. The molecule has 6 nitrogen and oxygen atoms in total. The minimum Gasteiger partial charge on any atom is -0.477 e. The van der Waals surface area contributed by atoms with E-state index in [1.165, 1.54) is 24.3 Å². The van der Waals surface area contributed by atoms with Crippen LogP contribution in [0.1, 0.15) is 26.3 Å². The first kappa shape index (κ1) is 20.0. The van der Waals surface area contributed by atoms with Crippen molar-refractivity contribution in [2.75, 3.05) is 20.3 Å². The van der Waals surface area contributed by atoms with Gasteiger partial charge in [0.05, 0.1) is 17.0 Å². The second kappa shape index (κ2) is 7.53. The summed E-state index contributed by atoms with van der Waals surface area (Å²) in [6, 6.07) is 6.33. The maximum atomic E-state index is 12.9. The lowest BCUT2D eigenvalue weighted by Crippen LogP contribution is -2.36. The first-order valence-corrected chi connectivity index (χ1v) is 9.85. The van der Waals surface area contributed by atoms with Gasteiger partial charge in [0.2, 0.25) is 9.84 Å². The number of hydrogen-bond acceptors (Lipinski definition) is 6. The number of esters is 1. The topological polar surface area (TPSA) is 72.9 Å². The molecule has 0 aromatic heterocycles. The number of allylic oxidation sites excluding steroid dienone is 2. The van der Waals surface area contributed by atoms with Crippen molar-refractivity contribution in [1.29, 1.82) is 0 Å². The van der Waals surface area contributed by atoms with Gasteiger partial charge < -0.3 is 14.4 Å². The standard InChI is InChI=1S/C19H25NO5S/c1-6-24-18(21)16(11-12-17-20(5)19(3,4)13-25-17)26(22,23)15-9-7-14(2)8-10-15/h7-12H,6,13H2,1-5H3/b16-11-,17-12+. The molecule has 0 N–H and O–H groups in total. The number of nitrogens with zero attached hydrogens (tertiary/aromatic N) is 1. The van der Waals surface area contributed by atoms with Gasteiger partial charge in [-0.3, -0.25) is 0 Å². The molecule has 2 rings (SSSR count). The number of aryl methyl sites for hydroxylation is 1. The Morgan fingerprint density at radius 3 is 2.42 bits per heavy atom. The third kappa shape index (κ3) is 4.09. The fourth-order valence-electron chi connectivity index (χ4n) is 2.36. The SMILES string of the molecule is CCOC(=O)/C(=C/C=C1/OCC(C)(C)N1C)S(=O)(=O)c1ccc(C)cc1. The normalized spacial score (nSPS) is 18.7. The highest BCUT2D eigenvalue weighted by atomic mass is 32.2.